The lowest BCUT2D eigenvalue weighted by molar-refractivity contribution is 0.101. The monoisotopic (exact) mass is 298 g/mol. The fourth-order valence-corrected chi connectivity index (χ4v) is 4.04. The minimum absolute atomic E-state index is 0.236. The molecular formula is C14H22N2O3S. The minimum atomic E-state index is -3.62. The van der Waals surface area contributed by atoms with Gasteiger partial charge in [0.2, 0.25) is 10.0 Å². The smallest absolute Gasteiger partial charge is 0.242 e. The standard InChI is InChI=1S/C14H22N2O3S/c1-2-15-12-8-4-6-10-14(12)20(18,19)16-11-7-3-5-9-13(11)17/h4,6,8,10-11,13,15-17H,2-3,5,7,9H2,1H3. The van der Waals surface area contributed by atoms with Crippen LogP contribution in [-0.4, -0.2) is 32.2 Å². The van der Waals surface area contributed by atoms with Gasteiger partial charge in [0.25, 0.3) is 0 Å². The number of hydrogen-bond acceptors (Lipinski definition) is 4. The Balaban J connectivity index is 2.21. The van der Waals surface area contributed by atoms with E-state index in [4.69, 9.17) is 0 Å². The third kappa shape index (κ3) is 3.50. The Morgan fingerprint density at radius 3 is 2.65 bits per heavy atom. The van der Waals surface area contributed by atoms with Crippen LogP contribution in [-0.2, 0) is 10.0 Å². The second-order valence-electron chi connectivity index (χ2n) is 5.11. The first-order valence-corrected chi connectivity index (χ1v) is 8.56. The average molecular weight is 298 g/mol. The highest BCUT2D eigenvalue weighted by atomic mass is 32.2. The van der Waals surface area contributed by atoms with E-state index in [1.165, 1.54) is 0 Å². The second kappa shape index (κ2) is 6.56. The third-order valence-corrected chi connectivity index (χ3v) is 5.13. The van der Waals surface area contributed by atoms with Crippen molar-refractivity contribution in [2.75, 3.05) is 11.9 Å². The number of benzene rings is 1. The molecule has 0 aromatic heterocycles. The molecule has 20 heavy (non-hydrogen) atoms. The molecule has 0 aliphatic heterocycles. The van der Waals surface area contributed by atoms with Crippen LogP contribution in [0.2, 0.25) is 0 Å². The van der Waals surface area contributed by atoms with Crippen LogP contribution in [0.25, 0.3) is 0 Å². The van der Waals surface area contributed by atoms with E-state index < -0.39 is 16.1 Å². The van der Waals surface area contributed by atoms with Crippen molar-refractivity contribution in [3.63, 3.8) is 0 Å². The molecule has 2 atom stereocenters. The highest BCUT2D eigenvalue weighted by Crippen LogP contribution is 2.24. The number of aliphatic hydroxyl groups excluding tert-OH is 1. The lowest BCUT2D eigenvalue weighted by Gasteiger charge is -2.28. The van der Waals surface area contributed by atoms with E-state index in [1.807, 2.05) is 6.92 Å². The Hall–Kier alpha value is -1.11. The first-order chi connectivity index (χ1) is 9.54. The van der Waals surface area contributed by atoms with E-state index in [-0.39, 0.29) is 10.9 Å². The normalized spacial score (nSPS) is 23.5. The van der Waals surface area contributed by atoms with Gasteiger partial charge in [0, 0.05) is 12.6 Å². The maximum absolute atomic E-state index is 12.5. The molecule has 0 spiro atoms. The van der Waals surface area contributed by atoms with E-state index in [9.17, 15) is 13.5 Å². The average Bonchev–Trinajstić information content (AvgIpc) is 2.42. The predicted molar refractivity (Wildman–Crippen MR) is 79.2 cm³/mol. The van der Waals surface area contributed by atoms with Gasteiger partial charge in [-0.3, -0.25) is 0 Å². The van der Waals surface area contributed by atoms with Crippen molar-refractivity contribution >= 4 is 15.7 Å². The molecule has 112 valence electrons. The van der Waals surface area contributed by atoms with Crippen LogP contribution in [0.4, 0.5) is 5.69 Å². The summed E-state index contributed by atoms with van der Waals surface area (Å²) in [7, 11) is -3.62. The molecule has 5 nitrogen and oxygen atoms in total. The van der Waals surface area contributed by atoms with Crippen molar-refractivity contribution in [2.45, 2.75) is 49.6 Å². The van der Waals surface area contributed by atoms with Gasteiger partial charge in [0.15, 0.2) is 0 Å². The molecule has 0 amide bonds. The molecule has 1 saturated carbocycles. The van der Waals surface area contributed by atoms with Gasteiger partial charge < -0.3 is 10.4 Å². The van der Waals surface area contributed by atoms with Crippen molar-refractivity contribution in [1.29, 1.82) is 0 Å². The molecule has 0 saturated heterocycles. The predicted octanol–water partition coefficient (Wildman–Crippen LogP) is 1.70. The van der Waals surface area contributed by atoms with Crippen molar-refractivity contribution in [3.05, 3.63) is 24.3 Å². The number of para-hydroxylation sites is 1. The molecule has 6 heteroatoms. The van der Waals surface area contributed by atoms with Crippen LogP contribution >= 0.6 is 0 Å². The Kier molecular flexibility index (Phi) is 5.01. The summed E-state index contributed by atoms with van der Waals surface area (Å²) >= 11 is 0. The van der Waals surface area contributed by atoms with Gasteiger partial charge in [0.1, 0.15) is 4.90 Å². The van der Waals surface area contributed by atoms with Gasteiger partial charge in [-0.2, -0.15) is 0 Å². The first-order valence-electron chi connectivity index (χ1n) is 7.08. The molecule has 2 rings (SSSR count). The summed E-state index contributed by atoms with van der Waals surface area (Å²) in [5.41, 5.74) is 0.591. The van der Waals surface area contributed by atoms with E-state index in [0.29, 0.717) is 25.1 Å². The number of rotatable bonds is 5. The quantitative estimate of drug-likeness (QED) is 0.773. The summed E-state index contributed by atoms with van der Waals surface area (Å²) < 4.78 is 27.6. The third-order valence-electron chi connectivity index (χ3n) is 3.58. The van der Waals surface area contributed by atoms with Gasteiger partial charge in [-0.25, -0.2) is 13.1 Å². The van der Waals surface area contributed by atoms with Gasteiger partial charge in [0.05, 0.1) is 11.8 Å². The summed E-state index contributed by atoms with van der Waals surface area (Å²) in [6.45, 7) is 2.57. The van der Waals surface area contributed by atoms with E-state index in [1.54, 1.807) is 24.3 Å². The van der Waals surface area contributed by atoms with Gasteiger partial charge in [-0.15, -0.1) is 0 Å². The molecule has 1 aromatic rings. The van der Waals surface area contributed by atoms with Gasteiger partial charge >= 0.3 is 0 Å². The maximum Gasteiger partial charge on any atom is 0.242 e. The van der Waals surface area contributed by atoms with Crippen LogP contribution in [0.15, 0.2) is 29.2 Å². The molecule has 3 N–H and O–H groups in total. The van der Waals surface area contributed by atoms with Gasteiger partial charge in [-0.1, -0.05) is 25.0 Å². The number of sulfonamides is 1. The number of hydrogen-bond donors (Lipinski definition) is 3. The summed E-state index contributed by atoms with van der Waals surface area (Å²) in [5.74, 6) is 0. The maximum atomic E-state index is 12.5. The zero-order valence-corrected chi connectivity index (χ0v) is 12.5. The zero-order chi connectivity index (χ0) is 14.6. The van der Waals surface area contributed by atoms with Crippen LogP contribution in [0.3, 0.4) is 0 Å². The van der Waals surface area contributed by atoms with Crippen LogP contribution in [0.1, 0.15) is 32.6 Å². The zero-order valence-electron chi connectivity index (χ0n) is 11.7. The van der Waals surface area contributed by atoms with Gasteiger partial charge in [-0.05, 0) is 31.9 Å². The van der Waals surface area contributed by atoms with Crippen molar-refractivity contribution < 1.29 is 13.5 Å². The van der Waals surface area contributed by atoms with Crippen LogP contribution < -0.4 is 10.0 Å². The second-order valence-corrected chi connectivity index (χ2v) is 6.79. The Bertz CT molecular complexity index is 545. The first kappa shape index (κ1) is 15.3. The Labute approximate surface area is 120 Å². The van der Waals surface area contributed by atoms with Crippen molar-refractivity contribution in [3.8, 4) is 0 Å². The molecule has 0 radical (unpaired) electrons. The highest BCUT2D eigenvalue weighted by Gasteiger charge is 2.29. The lowest BCUT2D eigenvalue weighted by atomic mass is 9.93. The number of anilines is 1. The van der Waals surface area contributed by atoms with E-state index in [2.05, 4.69) is 10.0 Å². The summed E-state index contributed by atoms with van der Waals surface area (Å²) in [6.07, 6.45) is 2.64. The molecule has 1 fully saturated rings. The Morgan fingerprint density at radius 2 is 1.95 bits per heavy atom. The number of nitrogens with one attached hydrogen (secondary N) is 2. The van der Waals surface area contributed by atoms with Crippen molar-refractivity contribution in [2.24, 2.45) is 0 Å². The topological polar surface area (TPSA) is 78.4 Å². The Morgan fingerprint density at radius 1 is 1.25 bits per heavy atom. The summed E-state index contributed by atoms with van der Waals surface area (Å²) in [4.78, 5) is 0.236. The van der Waals surface area contributed by atoms with Crippen molar-refractivity contribution in [1.82, 2.24) is 4.72 Å². The largest absolute Gasteiger partial charge is 0.391 e. The summed E-state index contributed by atoms with van der Waals surface area (Å²) in [5, 5.41) is 13.0. The van der Waals surface area contributed by atoms with E-state index >= 15 is 0 Å². The SMILES string of the molecule is CCNc1ccccc1S(=O)(=O)NC1CCCCC1O. The van der Waals surface area contributed by atoms with Crippen LogP contribution in [0, 0.1) is 0 Å². The molecule has 1 aliphatic carbocycles. The molecule has 1 aromatic carbocycles. The fourth-order valence-electron chi connectivity index (χ4n) is 2.55. The summed E-state index contributed by atoms with van der Waals surface area (Å²) in [6, 6.07) is 6.44. The minimum Gasteiger partial charge on any atom is -0.391 e. The fraction of sp³-hybridized carbons (Fsp3) is 0.571. The molecular weight excluding hydrogens is 276 g/mol. The molecule has 2 unspecified atom stereocenters. The highest BCUT2D eigenvalue weighted by molar-refractivity contribution is 7.89. The molecule has 0 heterocycles. The van der Waals surface area contributed by atoms with E-state index in [0.717, 1.165) is 12.8 Å². The molecule has 1 aliphatic rings. The molecule has 0 bridgehead atoms. The number of aliphatic hydroxyl groups is 1. The van der Waals surface area contributed by atoms with Crippen LogP contribution in [0.5, 0.6) is 0 Å². The lowest BCUT2D eigenvalue weighted by Crippen LogP contribution is -2.45.